The monoisotopic (exact) mass is 320 g/mol. The zero-order valence-electron chi connectivity index (χ0n) is 12.8. The Morgan fingerprint density at radius 2 is 1.71 bits per heavy atom. The number of piperazine rings is 1. The average molecular weight is 320 g/mol. The standard InChI is InChI=1S/C12H24N4O4S/c1-4-13-12(18)14-11(17)10(3)15-6-8-16(9-7-15)21(19,20)5-2/h10H,4-9H2,1-3H3,(H2,13,14,17,18)/t10-/m1/s1. The Kier molecular flexibility index (Phi) is 6.56. The van der Waals surface area contributed by atoms with Gasteiger partial charge in [0.25, 0.3) is 0 Å². The second-order valence-electron chi connectivity index (χ2n) is 4.86. The summed E-state index contributed by atoms with van der Waals surface area (Å²) in [6.07, 6.45) is 0. The van der Waals surface area contributed by atoms with Gasteiger partial charge in [-0.1, -0.05) is 0 Å². The van der Waals surface area contributed by atoms with Gasteiger partial charge in [0.1, 0.15) is 0 Å². The number of carbonyl (C=O) groups excluding carboxylic acids is 2. The third-order valence-electron chi connectivity index (χ3n) is 3.53. The number of sulfonamides is 1. The van der Waals surface area contributed by atoms with E-state index in [0.29, 0.717) is 32.7 Å². The van der Waals surface area contributed by atoms with Gasteiger partial charge < -0.3 is 5.32 Å². The number of urea groups is 1. The molecule has 1 rings (SSSR count). The number of carbonyl (C=O) groups is 2. The molecule has 1 aliphatic rings. The Balaban J connectivity index is 2.50. The topological polar surface area (TPSA) is 98.8 Å². The van der Waals surface area contributed by atoms with Crippen LogP contribution in [0, 0.1) is 0 Å². The highest BCUT2D eigenvalue weighted by Crippen LogP contribution is 2.10. The summed E-state index contributed by atoms with van der Waals surface area (Å²) in [4.78, 5) is 25.1. The van der Waals surface area contributed by atoms with Crippen molar-refractivity contribution in [2.75, 3.05) is 38.5 Å². The maximum atomic E-state index is 11.9. The highest BCUT2D eigenvalue weighted by molar-refractivity contribution is 7.89. The molecule has 122 valence electrons. The summed E-state index contributed by atoms with van der Waals surface area (Å²) in [5, 5.41) is 4.76. The molecule has 0 aromatic carbocycles. The predicted octanol–water partition coefficient (Wildman–Crippen LogP) is -0.812. The first-order chi connectivity index (χ1) is 9.81. The number of hydrogen-bond donors (Lipinski definition) is 2. The van der Waals surface area contributed by atoms with E-state index in [4.69, 9.17) is 0 Å². The zero-order valence-corrected chi connectivity index (χ0v) is 13.6. The van der Waals surface area contributed by atoms with Crippen LogP contribution in [0.3, 0.4) is 0 Å². The molecule has 1 heterocycles. The lowest BCUT2D eigenvalue weighted by Crippen LogP contribution is -2.56. The zero-order chi connectivity index (χ0) is 16.0. The molecule has 0 saturated carbocycles. The predicted molar refractivity (Wildman–Crippen MR) is 79.3 cm³/mol. The van der Waals surface area contributed by atoms with Crippen LogP contribution in [0.1, 0.15) is 20.8 Å². The molecule has 2 N–H and O–H groups in total. The molecule has 0 bridgehead atoms. The maximum absolute atomic E-state index is 11.9. The Morgan fingerprint density at radius 3 is 2.19 bits per heavy atom. The van der Waals surface area contributed by atoms with E-state index >= 15 is 0 Å². The molecule has 1 fully saturated rings. The van der Waals surface area contributed by atoms with E-state index in [1.807, 2.05) is 4.90 Å². The molecule has 1 saturated heterocycles. The van der Waals surface area contributed by atoms with Crippen molar-refractivity contribution < 1.29 is 18.0 Å². The van der Waals surface area contributed by atoms with Gasteiger partial charge >= 0.3 is 6.03 Å². The highest BCUT2D eigenvalue weighted by Gasteiger charge is 2.30. The maximum Gasteiger partial charge on any atom is 0.321 e. The van der Waals surface area contributed by atoms with Gasteiger partial charge in [-0.05, 0) is 20.8 Å². The van der Waals surface area contributed by atoms with E-state index in [-0.39, 0.29) is 11.7 Å². The minimum Gasteiger partial charge on any atom is -0.338 e. The van der Waals surface area contributed by atoms with Gasteiger partial charge in [0, 0.05) is 32.7 Å². The largest absolute Gasteiger partial charge is 0.338 e. The van der Waals surface area contributed by atoms with Gasteiger partial charge in [-0.2, -0.15) is 4.31 Å². The van der Waals surface area contributed by atoms with E-state index in [0.717, 1.165) is 0 Å². The number of nitrogens with zero attached hydrogens (tertiary/aromatic N) is 2. The summed E-state index contributed by atoms with van der Waals surface area (Å²) < 4.78 is 25.0. The molecule has 3 amide bonds. The van der Waals surface area contributed by atoms with Gasteiger partial charge in [-0.3, -0.25) is 15.0 Å². The first-order valence-corrected chi connectivity index (χ1v) is 8.73. The highest BCUT2D eigenvalue weighted by atomic mass is 32.2. The average Bonchev–Trinajstić information content (AvgIpc) is 2.46. The fourth-order valence-corrected chi connectivity index (χ4v) is 3.22. The molecule has 8 nitrogen and oxygen atoms in total. The second-order valence-corrected chi connectivity index (χ2v) is 7.12. The van der Waals surface area contributed by atoms with Gasteiger partial charge in [0.2, 0.25) is 15.9 Å². The van der Waals surface area contributed by atoms with Crippen LogP contribution < -0.4 is 10.6 Å². The van der Waals surface area contributed by atoms with Crippen LogP contribution >= 0.6 is 0 Å². The van der Waals surface area contributed by atoms with Crippen molar-refractivity contribution in [3.63, 3.8) is 0 Å². The van der Waals surface area contributed by atoms with Crippen LogP contribution in [-0.4, -0.2) is 74.1 Å². The molecule has 0 radical (unpaired) electrons. The molecule has 0 aromatic heterocycles. The number of amides is 3. The first-order valence-electron chi connectivity index (χ1n) is 7.12. The van der Waals surface area contributed by atoms with Gasteiger partial charge in [-0.15, -0.1) is 0 Å². The van der Waals surface area contributed by atoms with Crippen molar-refractivity contribution >= 4 is 22.0 Å². The summed E-state index contributed by atoms with van der Waals surface area (Å²) in [5.41, 5.74) is 0. The summed E-state index contributed by atoms with van der Waals surface area (Å²) in [7, 11) is -3.17. The van der Waals surface area contributed by atoms with E-state index in [9.17, 15) is 18.0 Å². The van der Waals surface area contributed by atoms with E-state index < -0.39 is 22.1 Å². The Bertz CT molecular complexity index is 472. The normalized spacial score (nSPS) is 19.0. The fourth-order valence-electron chi connectivity index (χ4n) is 2.14. The van der Waals surface area contributed by atoms with Crippen LogP contribution in [0.25, 0.3) is 0 Å². The molecular weight excluding hydrogens is 296 g/mol. The molecule has 0 aromatic rings. The molecule has 1 aliphatic heterocycles. The SMILES string of the molecule is CCNC(=O)NC(=O)[C@@H](C)N1CCN(S(=O)(=O)CC)CC1. The third kappa shape index (κ3) is 4.94. The summed E-state index contributed by atoms with van der Waals surface area (Å²) in [6, 6.07) is -0.986. The number of hydrogen-bond acceptors (Lipinski definition) is 5. The van der Waals surface area contributed by atoms with Crippen LogP contribution in [0.2, 0.25) is 0 Å². The lowest BCUT2D eigenvalue weighted by Gasteiger charge is -2.36. The second kappa shape index (κ2) is 7.71. The van der Waals surface area contributed by atoms with Crippen LogP contribution in [-0.2, 0) is 14.8 Å². The van der Waals surface area contributed by atoms with Crippen LogP contribution in [0.5, 0.6) is 0 Å². The van der Waals surface area contributed by atoms with E-state index in [1.165, 1.54) is 4.31 Å². The molecule has 0 spiro atoms. The van der Waals surface area contributed by atoms with Crippen molar-refractivity contribution in [1.29, 1.82) is 0 Å². The van der Waals surface area contributed by atoms with Crippen LogP contribution in [0.15, 0.2) is 0 Å². The Morgan fingerprint density at radius 1 is 1.14 bits per heavy atom. The molecule has 21 heavy (non-hydrogen) atoms. The van der Waals surface area contributed by atoms with Crippen molar-refractivity contribution in [2.24, 2.45) is 0 Å². The molecule has 9 heteroatoms. The Labute approximate surface area is 125 Å². The molecular formula is C12H24N4O4S. The minimum absolute atomic E-state index is 0.0836. The number of nitrogens with one attached hydrogen (secondary N) is 2. The smallest absolute Gasteiger partial charge is 0.321 e. The molecule has 0 aliphatic carbocycles. The summed E-state index contributed by atoms with van der Waals surface area (Å²) >= 11 is 0. The van der Waals surface area contributed by atoms with E-state index in [1.54, 1.807) is 20.8 Å². The lowest BCUT2D eigenvalue weighted by atomic mass is 10.2. The van der Waals surface area contributed by atoms with Crippen molar-refractivity contribution in [1.82, 2.24) is 19.8 Å². The fraction of sp³-hybridized carbons (Fsp3) is 0.833. The summed E-state index contributed by atoms with van der Waals surface area (Å²) in [5.74, 6) is -0.298. The first kappa shape index (κ1) is 17.9. The summed E-state index contributed by atoms with van der Waals surface area (Å²) in [6.45, 7) is 7.22. The van der Waals surface area contributed by atoms with Gasteiger partial charge in [-0.25, -0.2) is 13.2 Å². The third-order valence-corrected chi connectivity index (χ3v) is 5.41. The Hall–Kier alpha value is -1.19. The van der Waals surface area contributed by atoms with Crippen molar-refractivity contribution in [2.45, 2.75) is 26.8 Å². The number of rotatable bonds is 5. The quantitative estimate of drug-likeness (QED) is 0.690. The van der Waals surface area contributed by atoms with Gasteiger partial charge in [0.05, 0.1) is 11.8 Å². The molecule has 0 unspecified atom stereocenters. The van der Waals surface area contributed by atoms with Crippen LogP contribution in [0.4, 0.5) is 4.79 Å². The van der Waals surface area contributed by atoms with Crippen molar-refractivity contribution in [3.05, 3.63) is 0 Å². The number of imide groups is 1. The molecule has 1 atom stereocenters. The van der Waals surface area contributed by atoms with Crippen molar-refractivity contribution in [3.8, 4) is 0 Å². The minimum atomic E-state index is -3.17. The van der Waals surface area contributed by atoms with E-state index in [2.05, 4.69) is 10.6 Å². The van der Waals surface area contributed by atoms with Gasteiger partial charge in [0.15, 0.2) is 0 Å². The lowest BCUT2D eigenvalue weighted by molar-refractivity contribution is -0.125.